The predicted octanol–water partition coefficient (Wildman–Crippen LogP) is 5.38. The van der Waals surface area contributed by atoms with E-state index in [0.29, 0.717) is 112 Å². The summed E-state index contributed by atoms with van der Waals surface area (Å²) in [6.45, 7) is 7.99. The third kappa shape index (κ3) is 11.7. The van der Waals surface area contributed by atoms with Crippen LogP contribution in [0.5, 0.6) is 0 Å². The van der Waals surface area contributed by atoms with Gasteiger partial charge in [0.1, 0.15) is 11.9 Å². The molecule has 1 aromatic heterocycles. The van der Waals surface area contributed by atoms with Crippen molar-refractivity contribution >= 4 is 40.3 Å². The number of nitrogens with zero attached hydrogens (tertiary/aromatic N) is 7. The van der Waals surface area contributed by atoms with Gasteiger partial charge in [0, 0.05) is 95.3 Å². The highest BCUT2D eigenvalue weighted by Crippen LogP contribution is 2.43. The Balaban J connectivity index is 0.658. The number of carbonyl (C=O) groups excluding carboxylic acids is 5. The van der Waals surface area contributed by atoms with Gasteiger partial charge in [-0.15, -0.1) is 0 Å². The van der Waals surface area contributed by atoms with Crippen LogP contribution in [0.3, 0.4) is 0 Å². The molecular formula is C56H69F2N9O6. The Morgan fingerprint density at radius 2 is 1.42 bits per heavy atom. The van der Waals surface area contributed by atoms with Gasteiger partial charge in [-0.1, -0.05) is 55.7 Å². The molecule has 17 heteroatoms. The smallest absolute Gasteiger partial charge is 0.272 e. The van der Waals surface area contributed by atoms with Crippen molar-refractivity contribution in [1.82, 2.24) is 44.9 Å². The van der Waals surface area contributed by atoms with Gasteiger partial charge in [0.2, 0.25) is 11.8 Å². The van der Waals surface area contributed by atoms with Crippen LogP contribution in [-0.4, -0.2) is 172 Å². The molecule has 2 N–H and O–H groups in total. The van der Waals surface area contributed by atoms with Gasteiger partial charge in [0.05, 0.1) is 23.2 Å². The monoisotopic (exact) mass is 1000 g/mol. The first-order chi connectivity index (χ1) is 35.4. The Labute approximate surface area is 425 Å². The number of rotatable bonds is 13. The van der Waals surface area contributed by atoms with E-state index in [0.717, 1.165) is 96.1 Å². The molecule has 4 aromatic rings. The van der Waals surface area contributed by atoms with Crippen LogP contribution in [0, 0.1) is 17.7 Å². The molecule has 6 fully saturated rings. The lowest BCUT2D eigenvalue weighted by molar-refractivity contribution is -0.139. The number of H-pyrrole nitrogens is 1. The van der Waals surface area contributed by atoms with Crippen molar-refractivity contribution < 1.29 is 32.8 Å². The number of piperidine rings is 2. The van der Waals surface area contributed by atoms with Crippen LogP contribution in [0.4, 0.5) is 8.78 Å². The molecule has 2 atom stereocenters. The lowest BCUT2D eigenvalue weighted by Crippen LogP contribution is -2.57. The number of likely N-dealkylation sites (tertiary alicyclic amines) is 2. The summed E-state index contributed by atoms with van der Waals surface area (Å²) >= 11 is 0. The SMILES string of the molecule is O=C(NC(C(=O)N1CCN(CC2CCN(CC(=O)N3CCN(C(=O)c4cc(Cc5n[nH]c(=O)c6ccccc56)ccc4F)CC3)CC2)CC1)C1CCCCC1)c1cccc(C2CCCN(C(=O)C3(F)CC3)C2)c1. The standard InChI is InChI=1S/C56H69F2N9O6/c57-47-16-15-39(33-48-44-13-4-5-14-45(44)52(70)61-60-48)32-46(47)53(71)65-30-28-64(29-31-65)49(68)37-62-22-17-38(18-23-62)35-63-24-26-66(27-25-63)54(72)50(40-8-2-1-3-9-40)59-51(69)42-11-6-10-41(34-42)43-12-7-21-67(36-43)55(73)56(58)19-20-56/h4-6,10-11,13-16,32,34,38,40,43,50H,1-3,7-9,12,17-31,33,35-37H2,(H,59,69)(H,61,70). The van der Waals surface area contributed by atoms with E-state index in [1.807, 2.05) is 35.2 Å². The molecule has 10 rings (SSSR count). The number of hydrogen-bond acceptors (Lipinski definition) is 9. The molecule has 3 aromatic carbocycles. The lowest BCUT2D eigenvalue weighted by atomic mass is 9.83. The maximum Gasteiger partial charge on any atom is 0.272 e. The molecule has 2 unspecified atom stereocenters. The number of hydrogen-bond donors (Lipinski definition) is 2. The van der Waals surface area contributed by atoms with E-state index in [9.17, 15) is 33.2 Å². The van der Waals surface area contributed by atoms with Gasteiger partial charge in [-0.2, -0.15) is 5.10 Å². The second kappa shape index (κ2) is 22.2. The third-order valence-corrected chi connectivity index (χ3v) is 16.7. The molecule has 15 nitrogen and oxygen atoms in total. The first-order valence-electron chi connectivity index (χ1n) is 26.8. The number of amides is 5. The fourth-order valence-electron chi connectivity index (χ4n) is 12.1. The maximum atomic E-state index is 15.1. The highest BCUT2D eigenvalue weighted by Gasteiger charge is 2.53. The van der Waals surface area contributed by atoms with E-state index in [1.165, 1.54) is 6.07 Å². The summed E-state index contributed by atoms with van der Waals surface area (Å²) in [5.41, 5.74) is 0.763. The number of aromatic amines is 1. The zero-order chi connectivity index (χ0) is 50.6. The summed E-state index contributed by atoms with van der Waals surface area (Å²) in [7, 11) is 0. The van der Waals surface area contributed by atoms with E-state index >= 15 is 4.39 Å². The van der Waals surface area contributed by atoms with E-state index < -0.39 is 29.3 Å². The molecule has 0 spiro atoms. The molecule has 388 valence electrons. The summed E-state index contributed by atoms with van der Waals surface area (Å²) in [6, 6.07) is 18.6. The molecule has 5 heterocycles. The molecule has 2 aliphatic carbocycles. The van der Waals surface area contributed by atoms with Gasteiger partial charge >= 0.3 is 0 Å². The van der Waals surface area contributed by atoms with E-state index in [4.69, 9.17) is 0 Å². The predicted molar refractivity (Wildman–Crippen MR) is 272 cm³/mol. The van der Waals surface area contributed by atoms with E-state index in [1.54, 1.807) is 45.0 Å². The first kappa shape index (κ1) is 50.5. The van der Waals surface area contributed by atoms with Crippen molar-refractivity contribution in [2.45, 2.75) is 94.7 Å². The van der Waals surface area contributed by atoms with Crippen molar-refractivity contribution in [1.29, 1.82) is 0 Å². The van der Waals surface area contributed by atoms with Crippen molar-refractivity contribution in [3.05, 3.63) is 111 Å². The molecule has 4 saturated heterocycles. The fourth-order valence-corrected chi connectivity index (χ4v) is 12.1. The van der Waals surface area contributed by atoms with Crippen LogP contribution in [0.1, 0.15) is 114 Å². The van der Waals surface area contributed by atoms with Crippen molar-refractivity contribution in [2.24, 2.45) is 11.8 Å². The van der Waals surface area contributed by atoms with Crippen molar-refractivity contribution in [3.63, 3.8) is 0 Å². The van der Waals surface area contributed by atoms with Gasteiger partial charge < -0.3 is 24.9 Å². The van der Waals surface area contributed by atoms with Gasteiger partial charge in [0.25, 0.3) is 23.3 Å². The van der Waals surface area contributed by atoms with Gasteiger partial charge in [-0.25, -0.2) is 13.9 Å². The number of alkyl halides is 1. The quantitative estimate of drug-likeness (QED) is 0.179. The molecule has 6 aliphatic rings. The van der Waals surface area contributed by atoms with Gasteiger partial charge in [0.15, 0.2) is 5.67 Å². The average Bonchev–Trinajstić information content (AvgIpc) is 4.19. The molecule has 5 amide bonds. The number of benzene rings is 3. The largest absolute Gasteiger partial charge is 0.340 e. The van der Waals surface area contributed by atoms with Crippen LogP contribution in [0.25, 0.3) is 10.8 Å². The van der Waals surface area contributed by atoms with Gasteiger partial charge in [-0.05, 0) is 118 Å². The fraction of sp³-hybridized carbons (Fsp3) is 0.554. The number of carbonyl (C=O) groups is 5. The van der Waals surface area contributed by atoms with E-state index in [-0.39, 0.29) is 40.7 Å². The summed E-state index contributed by atoms with van der Waals surface area (Å²) < 4.78 is 29.8. The summed E-state index contributed by atoms with van der Waals surface area (Å²) in [5, 5.41) is 11.2. The Morgan fingerprint density at radius 3 is 2.16 bits per heavy atom. The maximum absolute atomic E-state index is 15.1. The summed E-state index contributed by atoms with van der Waals surface area (Å²) in [4.78, 5) is 92.2. The van der Waals surface area contributed by atoms with Crippen LogP contribution in [-0.2, 0) is 20.8 Å². The zero-order valence-corrected chi connectivity index (χ0v) is 41.9. The topological polar surface area (TPSA) is 163 Å². The molecule has 0 radical (unpaired) electrons. The van der Waals surface area contributed by atoms with Crippen LogP contribution in [0.15, 0.2) is 71.5 Å². The number of fused-ring (bicyclic) bond motifs is 1. The Kier molecular flexibility index (Phi) is 15.3. The Morgan fingerprint density at radius 1 is 0.712 bits per heavy atom. The second-order valence-electron chi connectivity index (χ2n) is 21.6. The van der Waals surface area contributed by atoms with E-state index in [2.05, 4.69) is 25.3 Å². The summed E-state index contributed by atoms with van der Waals surface area (Å²) in [5.74, 6) is -1.08. The van der Waals surface area contributed by atoms with Crippen molar-refractivity contribution in [3.8, 4) is 0 Å². The van der Waals surface area contributed by atoms with Crippen molar-refractivity contribution in [2.75, 3.05) is 91.6 Å². The number of piperazine rings is 2. The minimum atomic E-state index is -1.69. The zero-order valence-electron chi connectivity index (χ0n) is 41.9. The average molecular weight is 1000 g/mol. The normalized spacial score (nSPS) is 21.8. The molecule has 4 aliphatic heterocycles. The second-order valence-corrected chi connectivity index (χ2v) is 21.6. The Hall–Kier alpha value is -6.07. The Bertz CT molecular complexity index is 2740. The molecule has 73 heavy (non-hydrogen) atoms. The van der Waals surface area contributed by atoms with Gasteiger partial charge in [-0.3, -0.25) is 38.6 Å². The van der Waals surface area contributed by atoms with Crippen LogP contribution >= 0.6 is 0 Å². The number of halogens is 2. The third-order valence-electron chi connectivity index (χ3n) is 16.7. The molecule has 0 bridgehead atoms. The van der Waals surface area contributed by atoms with Crippen LogP contribution in [0.2, 0.25) is 0 Å². The van der Waals surface area contributed by atoms with Crippen LogP contribution < -0.4 is 10.9 Å². The number of aromatic nitrogens is 2. The lowest BCUT2D eigenvalue weighted by Gasteiger charge is -2.41. The first-order valence-corrected chi connectivity index (χ1v) is 26.8. The highest BCUT2D eigenvalue weighted by molar-refractivity contribution is 5.98. The minimum absolute atomic E-state index is 0.00464. The molecule has 2 saturated carbocycles. The minimum Gasteiger partial charge on any atom is -0.340 e. The number of nitrogens with one attached hydrogen (secondary N) is 2. The summed E-state index contributed by atoms with van der Waals surface area (Å²) in [6.07, 6.45) is 9.51. The highest BCUT2D eigenvalue weighted by atomic mass is 19.1. The molecular weight excluding hydrogens is 933 g/mol.